The van der Waals surface area contributed by atoms with Crippen LogP contribution in [0.25, 0.3) is 0 Å². The van der Waals surface area contributed by atoms with Crippen molar-refractivity contribution in [3.63, 3.8) is 0 Å². The molecule has 2 atom stereocenters. The third-order valence-electron chi connectivity index (χ3n) is 5.99. The molecule has 0 radical (unpaired) electrons. The van der Waals surface area contributed by atoms with Crippen molar-refractivity contribution < 1.29 is 15.0 Å². The molecule has 0 aliphatic carbocycles. The molecule has 0 aromatic rings. The van der Waals surface area contributed by atoms with Gasteiger partial charge in [-0.05, 0) is 77.0 Å². The van der Waals surface area contributed by atoms with E-state index in [-0.39, 0.29) is 12.5 Å². The van der Waals surface area contributed by atoms with Crippen molar-refractivity contribution in [1.29, 1.82) is 0 Å². The van der Waals surface area contributed by atoms with Crippen LogP contribution in [0, 0.1) is 0 Å². The predicted molar refractivity (Wildman–Crippen MR) is 179 cm³/mol. The SMILES string of the molecule is CC/C=C\C/C=C\C/C=C\C/C=C\C/C=C\C/C=C\CCC(=O)NC(CO)C(O)/C=C/CC/C=C/CC/C=C/CC. The van der Waals surface area contributed by atoms with E-state index in [2.05, 4.69) is 110 Å². The fourth-order valence-corrected chi connectivity index (χ4v) is 3.65. The van der Waals surface area contributed by atoms with Gasteiger partial charge >= 0.3 is 0 Å². The summed E-state index contributed by atoms with van der Waals surface area (Å²) in [6, 6.07) is -0.690. The summed E-state index contributed by atoms with van der Waals surface area (Å²) in [5.74, 6) is -0.170. The second-order valence-electron chi connectivity index (χ2n) is 9.73. The molecule has 0 fully saturated rings. The van der Waals surface area contributed by atoms with Gasteiger partial charge in [0.15, 0.2) is 0 Å². The zero-order chi connectivity index (χ0) is 30.1. The van der Waals surface area contributed by atoms with E-state index in [1.165, 1.54) is 0 Å². The fraction of sp³-hybridized carbons (Fsp3) is 0.486. The lowest BCUT2D eigenvalue weighted by atomic mass is 10.1. The van der Waals surface area contributed by atoms with Crippen LogP contribution in [-0.2, 0) is 4.79 Å². The van der Waals surface area contributed by atoms with Gasteiger partial charge in [-0.15, -0.1) is 0 Å². The van der Waals surface area contributed by atoms with Crippen molar-refractivity contribution in [3.05, 3.63) is 109 Å². The molecule has 4 nitrogen and oxygen atoms in total. The van der Waals surface area contributed by atoms with Crippen LogP contribution < -0.4 is 5.32 Å². The molecule has 0 aliphatic rings. The van der Waals surface area contributed by atoms with E-state index in [9.17, 15) is 15.0 Å². The number of aliphatic hydroxyl groups excluding tert-OH is 2. The second kappa shape index (κ2) is 31.6. The number of unbranched alkanes of at least 4 members (excludes halogenated alkanes) is 2. The highest BCUT2D eigenvalue weighted by Gasteiger charge is 2.17. The minimum absolute atomic E-state index is 0.170. The Labute approximate surface area is 251 Å². The quantitative estimate of drug-likeness (QED) is 0.0767. The molecule has 0 bridgehead atoms. The molecule has 0 aromatic carbocycles. The van der Waals surface area contributed by atoms with Crippen LogP contribution in [-0.4, -0.2) is 34.9 Å². The van der Waals surface area contributed by atoms with Gasteiger partial charge < -0.3 is 15.5 Å². The van der Waals surface area contributed by atoms with E-state index in [1.807, 2.05) is 12.2 Å². The van der Waals surface area contributed by atoms with E-state index in [4.69, 9.17) is 0 Å². The molecule has 0 rings (SSSR count). The Hall–Kier alpha value is -2.95. The minimum Gasteiger partial charge on any atom is -0.394 e. The normalized spacial score (nSPS) is 14.7. The van der Waals surface area contributed by atoms with Gasteiger partial charge in [0, 0.05) is 6.42 Å². The maximum atomic E-state index is 12.2. The van der Waals surface area contributed by atoms with Gasteiger partial charge in [-0.3, -0.25) is 4.79 Å². The first kappa shape index (κ1) is 38.1. The molecule has 4 heteroatoms. The summed E-state index contributed by atoms with van der Waals surface area (Å²) in [5.41, 5.74) is 0. The Morgan fingerprint density at radius 1 is 0.561 bits per heavy atom. The smallest absolute Gasteiger partial charge is 0.220 e. The lowest BCUT2D eigenvalue weighted by Crippen LogP contribution is -2.45. The van der Waals surface area contributed by atoms with Crippen LogP contribution in [0.2, 0.25) is 0 Å². The van der Waals surface area contributed by atoms with Crippen molar-refractivity contribution in [1.82, 2.24) is 5.32 Å². The average molecular weight is 564 g/mol. The Bertz CT molecular complexity index is 871. The van der Waals surface area contributed by atoms with Crippen LogP contribution in [0.4, 0.5) is 0 Å². The number of amides is 1. The first-order chi connectivity index (χ1) is 20.2. The monoisotopic (exact) mass is 563 g/mol. The largest absolute Gasteiger partial charge is 0.394 e. The molecule has 0 heterocycles. The standard InChI is InChI=1S/C37H57NO3/c1-3-5-7-9-11-13-15-16-17-18-19-20-21-22-23-25-27-29-31-33-37(41)38-35(34-39)36(40)32-30-28-26-24-14-12-10-8-6-4-2/h5-8,11,13-14,16-17,19-20,22-24,27,29-30,32,35-36,39-40H,3-4,9-10,12,15,18,21,25-26,28,31,33-34H2,1-2H3,(H,38,41)/b7-5-,8-6+,13-11-,17-16-,20-19-,23-22-,24-14+,29-27-,32-30+. The van der Waals surface area contributed by atoms with E-state index < -0.39 is 12.1 Å². The minimum atomic E-state index is -0.905. The van der Waals surface area contributed by atoms with Crippen LogP contribution in [0.15, 0.2) is 109 Å². The average Bonchev–Trinajstić information content (AvgIpc) is 2.97. The lowest BCUT2D eigenvalue weighted by molar-refractivity contribution is -0.122. The number of allylic oxidation sites excluding steroid dienone is 17. The third-order valence-corrected chi connectivity index (χ3v) is 5.99. The van der Waals surface area contributed by atoms with Gasteiger partial charge in [-0.2, -0.15) is 0 Å². The topological polar surface area (TPSA) is 69.6 Å². The van der Waals surface area contributed by atoms with E-state index in [1.54, 1.807) is 6.08 Å². The van der Waals surface area contributed by atoms with Gasteiger partial charge in [0.2, 0.25) is 5.91 Å². The molecule has 2 unspecified atom stereocenters. The Kier molecular flexibility index (Phi) is 29.3. The maximum absolute atomic E-state index is 12.2. The summed E-state index contributed by atoms with van der Waals surface area (Å²) in [6.07, 6.45) is 48.9. The summed E-state index contributed by atoms with van der Waals surface area (Å²) in [5, 5.41) is 22.6. The molecular formula is C37H57NO3. The zero-order valence-corrected chi connectivity index (χ0v) is 25.7. The summed E-state index contributed by atoms with van der Waals surface area (Å²) in [4.78, 5) is 12.2. The Morgan fingerprint density at radius 3 is 1.39 bits per heavy atom. The number of aliphatic hydroxyl groups is 2. The first-order valence-electron chi connectivity index (χ1n) is 15.6. The van der Waals surface area contributed by atoms with E-state index in [0.717, 1.165) is 70.6 Å². The lowest BCUT2D eigenvalue weighted by Gasteiger charge is -2.19. The second-order valence-corrected chi connectivity index (χ2v) is 9.73. The maximum Gasteiger partial charge on any atom is 0.220 e. The van der Waals surface area contributed by atoms with E-state index in [0.29, 0.717) is 12.8 Å². The van der Waals surface area contributed by atoms with Crippen LogP contribution in [0.3, 0.4) is 0 Å². The first-order valence-corrected chi connectivity index (χ1v) is 15.6. The molecule has 228 valence electrons. The van der Waals surface area contributed by atoms with Crippen LogP contribution in [0.1, 0.15) is 97.3 Å². The molecule has 0 saturated heterocycles. The van der Waals surface area contributed by atoms with Crippen molar-refractivity contribution in [2.45, 2.75) is 109 Å². The van der Waals surface area contributed by atoms with Crippen molar-refractivity contribution >= 4 is 5.91 Å². The number of carbonyl (C=O) groups excluding carboxylic acids is 1. The molecule has 3 N–H and O–H groups in total. The van der Waals surface area contributed by atoms with Gasteiger partial charge in [0.1, 0.15) is 0 Å². The Morgan fingerprint density at radius 2 is 0.927 bits per heavy atom. The van der Waals surface area contributed by atoms with Crippen molar-refractivity contribution in [3.8, 4) is 0 Å². The highest BCUT2D eigenvalue weighted by molar-refractivity contribution is 5.76. The zero-order valence-electron chi connectivity index (χ0n) is 25.7. The van der Waals surface area contributed by atoms with Gasteiger partial charge in [0.05, 0.1) is 18.8 Å². The third kappa shape index (κ3) is 28.4. The predicted octanol–water partition coefficient (Wildman–Crippen LogP) is 8.94. The van der Waals surface area contributed by atoms with Crippen LogP contribution >= 0.6 is 0 Å². The summed E-state index contributed by atoms with van der Waals surface area (Å²) in [6.45, 7) is 3.98. The molecule has 41 heavy (non-hydrogen) atoms. The number of hydrogen-bond donors (Lipinski definition) is 3. The molecule has 0 saturated carbocycles. The molecule has 0 aliphatic heterocycles. The number of nitrogens with one attached hydrogen (secondary N) is 1. The highest BCUT2D eigenvalue weighted by Crippen LogP contribution is 2.03. The van der Waals surface area contributed by atoms with Crippen LogP contribution in [0.5, 0.6) is 0 Å². The fourth-order valence-electron chi connectivity index (χ4n) is 3.65. The van der Waals surface area contributed by atoms with Gasteiger partial charge in [-0.1, -0.05) is 123 Å². The Balaban J connectivity index is 3.94. The molecular weight excluding hydrogens is 506 g/mol. The summed E-state index contributed by atoms with van der Waals surface area (Å²) < 4.78 is 0. The van der Waals surface area contributed by atoms with E-state index >= 15 is 0 Å². The number of carbonyl (C=O) groups is 1. The molecule has 0 spiro atoms. The number of hydrogen-bond acceptors (Lipinski definition) is 3. The number of rotatable bonds is 25. The van der Waals surface area contributed by atoms with Crippen molar-refractivity contribution in [2.24, 2.45) is 0 Å². The molecule has 0 aromatic heterocycles. The van der Waals surface area contributed by atoms with Gasteiger partial charge in [0.25, 0.3) is 0 Å². The summed E-state index contributed by atoms with van der Waals surface area (Å²) in [7, 11) is 0. The molecule has 1 amide bonds. The van der Waals surface area contributed by atoms with Gasteiger partial charge in [-0.25, -0.2) is 0 Å². The highest BCUT2D eigenvalue weighted by atomic mass is 16.3. The van der Waals surface area contributed by atoms with Crippen molar-refractivity contribution in [2.75, 3.05) is 6.61 Å². The summed E-state index contributed by atoms with van der Waals surface area (Å²) >= 11 is 0.